The third-order valence-corrected chi connectivity index (χ3v) is 5.40. The second kappa shape index (κ2) is 5.33. The Morgan fingerprint density at radius 3 is 2.33 bits per heavy atom. The van der Waals surface area contributed by atoms with E-state index in [0.717, 1.165) is 0 Å². The Hall–Kier alpha value is -2.14. The summed E-state index contributed by atoms with van der Waals surface area (Å²) in [6.45, 7) is 0.319. The van der Waals surface area contributed by atoms with E-state index in [2.05, 4.69) is 0 Å². The standard InChI is InChI=1S/C16H15NO3S/c18-16-11-6-12-17(15-10-5-4-9-14(15)16)21(19,20)13-7-2-1-3-8-13/h1-5,7-10H,6,11-12H2. The van der Waals surface area contributed by atoms with Crippen molar-refractivity contribution in [2.24, 2.45) is 0 Å². The summed E-state index contributed by atoms with van der Waals surface area (Å²) >= 11 is 0. The maximum Gasteiger partial charge on any atom is 0.264 e. The molecule has 0 N–H and O–H groups in total. The zero-order valence-electron chi connectivity index (χ0n) is 11.4. The summed E-state index contributed by atoms with van der Waals surface area (Å²) in [5.74, 6) is -0.00337. The maximum atomic E-state index is 12.8. The maximum absolute atomic E-state index is 12.8. The van der Waals surface area contributed by atoms with Crippen molar-refractivity contribution in [1.82, 2.24) is 0 Å². The Morgan fingerprint density at radius 1 is 0.905 bits per heavy atom. The van der Waals surface area contributed by atoms with Crippen LogP contribution in [0.1, 0.15) is 23.2 Å². The summed E-state index contributed by atoms with van der Waals surface area (Å²) < 4.78 is 27.0. The van der Waals surface area contributed by atoms with Gasteiger partial charge in [0.25, 0.3) is 10.0 Å². The monoisotopic (exact) mass is 301 g/mol. The normalized spacial score (nSPS) is 15.4. The van der Waals surface area contributed by atoms with Crippen LogP contribution in [0.3, 0.4) is 0 Å². The van der Waals surface area contributed by atoms with Crippen LogP contribution in [-0.4, -0.2) is 20.7 Å². The van der Waals surface area contributed by atoms with Crippen LogP contribution in [0.15, 0.2) is 59.5 Å². The van der Waals surface area contributed by atoms with Gasteiger partial charge in [0.1, 0.15) is 0 Å². The highest BCUT2D eigenvalue weighted by atomic mass is 32.2. The van der Waals surface area contributed by atoms with Crippen molar-refractivity contribution >= 4 is 21.5 Å². The van der Waals surface area contributed by atoms with Crippen molar-refractivity contribution in [3.63, 3.8) is 0 Å². The quantitative estimate of drug-likeness (QED) is 0.857. The highest BCUT2D eigenvalue weighted by molar-refractivity contribution is 7.92. The fourth-order valence-corrected chi connectivity index (χ4v) is 4.08. The first-order chi connectivity index (χ1) is 10.1. The third kappa shape index (κ3) is 2.45. The SMILES string of the molecule is O=C1CCCN(S(=O)(=O)c2ccccc2)c2ccccc21. The Bertz CT molecular complexity index is 769. The van der Waals surface area contributed by atoms with E-state index in [1.54, 1.807) is 54.6 Å². The van der Waals surface area contributed by atoms with Gasteiger partial charge in [-0.3, -0.25) is 9.10 Å². The van der Waals surface area contributed by atoms with Crippen LogP contribution >= 0.6 is 0 Å². The molecule has 1 aliphatic rings. The predicted octanol–water partition coefficient (Wildman–Crippen LogP) is 2.86. The van der Waals surface area contributed by atoms with Crippen molar-refractivity contribution < 1.29 is 13.2 Å². The minimum Gasteiger partial charge on any atom is -0.294 e. The van der Waals surface area contributed by atoms with E-state index >= 15 is 0 Å². The van der Waals surface area contributed by atoms with Gasteiger partial charge < -0.3 is 0 Å². The van der Waals surface area contributed by atoms with Crippen molar-refractivity contribution in [2.45, 2.75) is 17.7 Å². The first kappa shape index (κ1) is 13.8. The van der Waals surface area contributed by atoms with Crippen LogP contribution in [0, 0.1) is 0 Å². The highest BCUT2D eigenvalue weighted by Gasteiger charge is 2.29. The molecule has 0 spiro atoms. The van der Waals surface area contributed by atoms with Crippen LogP contribution in [0.4, 0.5) is 5.69 Å². The summed E-state index contributed by atoms with van der Waals surface area (Å²) in [5.41, 5.74) is 0.957. The van der Waals surface area contributed by atoms with Crippen LogP contribution in [0.5, 0.6) is 0 Å². The van der Waals surface area contributed by atoms with E-state index < -0.39 is 10.0 Å². The van der Waals surface area contributed by atoms with Gasteiger partial charge in [-0.25, -0.2) is 8.42 Å². The Balaban J connectivity index is 2.14. The van der Waals surface area contributed by atoms with Crippen molar-refractivity contribution in [3.8, 4) is 0 Å². The highest BCUT2D eigenvalue weighted by Crippen LogP contribution is 2.30. The zero-order chi connectivity index (χ0) is 14.9. The van der Waals surface area contributed by atoms with Crippen LogP contribution < -0.4 is 4.31 Å². The van der Waals surface area contributed by atoms with E-state index in [0.29, 0.717) is 30.6 Å². The van der Waals surface area contributed by atoms with Crippen molar-refractivity contribution in [1.29, 1.82) is 0 Å². The number of hydrogen-bond donors (Lipinski definition) is 0. The summed E-state index contributed by atoms with van der Waals surface area (Å²) in [5, 5.41) is 0. The van der Waals surface area contributed by atoms with Gasteiger partial charge in [0.2, 0.25) is 0 Å². The van der Waals surface area contributed by atoms with E-state index in [-0.39, 0.29) is 10.7 Å². The molecule has 1 heterocycles. The lowest BCUT2D eigenvalue weighted by atomic mass is 10.1. The molecule has 5 heteroatoms. The molecule has 0 radical (unpaired) electrons. The minimum atomic E-state index is -3.64. The average Bonchev–Trinajstić information content (AvgIpc) is 2.68. The van der Waals surface area contributed by atoms with Gasteiger partial charge in [-0.2, -0.15) is 0 Å². The summed E-state index contributed by atoms with van der Waals surface area (Å²) in [6, 6.07) is 15.2. The van der Waals surface area contributed by atoms with Crippen LogP contribution in [0.2, 0.25) is 0 Å². The summed E-state index contributed by atoms with van der Waals surface area (Å²) in [4.78, 5) is 12.3. The molecule has 21 heavy (non-hydrogen) atoms. The van der Waals surface area contributed by atoms with Crippen LogP contribution in [-0.2, 0) is 10.0 Å². The molecule has 3 rings (SSSR count). The summed E-state index contributed by atoms with van der Waals surface area (Å²) in [7, 11) is -3.64. The van der Waals surface area contributed by atoms with E-state index in [1.807, 2.05) is 0 Å². The largest absolute Gasteiger partial charge is 0.294 e. The number of para-hydroxylation sites is 1. The topological polar surface area (TPSA) is 54.5 Å². The number of fused-ring (bicyclic) bond motifs is 1. The number of anilines is 1. The molecule has 0 aromatic heterocycles. The molecular weight excluding hydrogens is 286 g/mol. The predicted molar refractivity (Wildman–Crippen MR) is 81.0 cm³/mol. The molecule has 2 aromatic carbocycles. The Kier molecular flexibility index (Phi) is 3.51. The molecule has 0 unspecified atom stereocenters. The zero-order valence-corrected chi connectivity index (χ0v) is 12.2. The minimum absolute atomic E-state index is 0.00337. The Labute approximate surface area is 124 Å². The van der Waals surface area contributed by atoms with E-state index in [1.165, 1.54) is 4.31 Å². The molecule has 0 amide bonds. The number of carbonyl (C=O) groups excluding carboxylic acids is 1. The first-order valence-corrected chi connectivity index (χ1v) is 8.25. The van der Waals surface area contributed by atoms with Gasteiger partial charge in [0.05, 0.1) is 10.6 Å². The smallest absolute Gasteiger partial charge is 0.264 e. The third-order valence-electron chi connectivity index (χ3n) is 3.57. The van der Waals surface area contributed by atoms with E-state index in [9.17, 15) is 13.2 Å². The second-order valence-corrected chi connectivity index (χ2v) is 6.80. The number of carbonyl (C=O) groups is 1. The molecule has 0 fully saturated rings. The first-order valence-electron chi connectivity index (χ1n) is 6.81. The van der Waals surface area contributed by atoms with Gasteiger partial charge in [-0.05, 0) is 30.7 Å². The number of sulfonamides is 1. The molecular formula is C16H15NO3S. The molecule has 0 saturated heterocycles. The molecule has 0 atom stereocenters. The number of benzene rings is 2. The lowest BCUT2D eigenvalue weighted by molar-refractivity contribution is 0.0984. The number of Topliss-reactive ketones (excluding diaryl/α,β-unsaturated/α-hetero) is 1. The van der Waals surface area contributed by atoms with E-state index in [4.69, 9.17) is 0 Å². The average molecular weight is 301 g/mol. The lowest BCUT2D eigenvalue weighted by Crippen LogP contribution is -2.31. The van der Waals surface area contributed by atoms with Gasteiger partial charge >= 0.3 is 0 Å². The molecule has 0 bridgehead atoms. The van der Waals surface area contributed by atoms with Crippen molar-refractivity contribution in [3.05, 3.63) is 60.2 Å². The molecule has 0 saturated carbocycles. The fourth-order valence-electron chi connectivity index (χ4n) is 2.53. The Morgan fingerprint density at radius 2 is 1.57 bits per heavy atom. The van der Waals surface area contributed by atoms with Gasteiger partial charge in [0, 0.05) is 18.5 Å². The van der Waals surface area contributed by atoms with Crippen LogP contribution in [0.25, 0.3) is 0 Å². The van der Waals surface area contributed by atoms with Crippen molar-refractivity contribution in [2.75, 3.05) is 10.8 Å². The second-order valence-electron chi connectivity index (χ2n) is 4.93. The summed E-state index contributed by atoms with van der Waals surface area (Å²) in [6.07, 6.45) is 0.900. The molecule has 108 valence electrons. The number of rotatable bonds is 2. The number of hydrogen-bond acceptors (Lipinski definition) is 3. The number of nitrogens with zero attached hydrogens (tertiary/aromatic N) is 1. The molecule has 0 aliphatic carbocycles. The number of ketones is 1. The molecule has 2 aromatic rings. The van der Waals surface area contributed by atoms with Gasteiger partial charge in [0.15, 0.2) is 5.78 Å². The van der Waals surface area contributed by atoms with Gasteiger partial charge in [-0.1, -0.05) is 30.3 Å². The van der Waals surface area contributed by atoms with Gasteiger partial charge in [-0.15, -0.1) is 0 Å². The molecule has 1 aliphatic heterocycles. The fraction of sp³-hybridized carbons (Fsp3) is 0.188. The lowest BCUT2D eigenvalue weighted by Gasteiger charge is -2.24. The molecule has 4 nitrogen and oxygen atoms in total.